The molecule has 0 unspecified atom stereocenters. The largest absolute Gasteiger partial charge is 0.378 e. The monoisotopic (exact) mass is 326 g/mol. The number of carbonyl (C=O) groups is 1. The Kier molecular flexibility index (Phi) is 4.32. The average Bonchev–Trinajstić information content (AvgIpc) is 2.76. The van der Waals surface area contributed by atoms with E-state index in [9.17, 15) is 17.6 Å². The summed E-state index contributed by atoms with van der Waals surface area (Å²) in [6.45, 7) is 3.54. The van der Waals surface area contributed by atoms with E-state index in [0.29, 0.717) is 12.0 Å². The average molecular weight is 326 g/mol. The molecule has 0 aliphatic rings. The van der Waals surface area contributed by atoms with Gasteiger partial charge in [0.25, 0.3) is 0 Å². The summed E-state index contributed by atoms with van der Waals surface area (Å²) in [6.07, 6.45) is 0.465. The van der Waals surface area contributed by atoms with E-state index in [4.69, 9.17) is 4.18 Å². The number of rotatable bonds is 5. The number of aromatic nitrogens is 2. The molecule has 118 valence electrons. The van der Waals surface area contributed by atoms with Crippen molar-refractivity contribution in [2.75, 3.05) is 0 Å². The zero-order valence-electron chi connectivity index (χ0n) is 12.3. The Morgan fingerprint density at radius 1 is 1.36 bits per heavy atom. The minimum absolute atomic E-state index is 0.0230. The first kappa shape index (κ1) is 16.2. The predicted molar refractivity (Wildman–Crippen MR) is 76.9 cm³/mol. The molecule has 6 nitrogen and oxygen atoms in total. The van der Waals surface area contributed by atoms with Crippen LogP contribution in [0.4, 0.5) is 4.39 Å². The van der Waals surface area contributed by atoms with Crippen LogP contribution in [0.5, 0.6) is 5.75 Å². The van der Waals surface area contributed by atoms with Crippen LogP contribution in [-0.4, -0.2) is 24.3 Å². The molecular formula is C14H15FN2O4S. The predicted octanol–water partition coefficient (Wildman–Crippen LogP) is 2.26. The van der Waals surface area contributed by atoms with Crippen LogP contribution >= 0.6 is 0 Å². The first-order valence-electron chi connectivity index (χ1n) is 6.48. The lowest BCUT2D eigenvalue weighted by molar-refractivity contribution is 0.111. The molecule has 1 aromatic heterocycles. The zero-order chi connectivity index (χ0) is 16.5. The van der Waals surface area contributed by atoms with E-state index < -0.39 is 15.9 Å². The first-order valence-corrected chi connectivity index (χ1v) is 7.89. The second-order valence-electron chi connectivity index (χ2n) is 4.99. The van der Waals surface area contributed by atoms with Crippen LogP contribution in [0.3, 0.4) is 0 Å². The molecule has 8 heteroatoms. The maximum atomic E-state index is 13.1. The van der Waals surface area contributed by atoms with Crippen molar-refractivity contribution in [2.45, 2.75) is 24.8 Å². The molecule has 0 spiro atoms. The smallest absolute Gasteiger partial charge is 0.358 e. The summed E-state index contributed by atoms with van der Waals surface area (Å²) in [5.74, 6) is -1.00. The highest BCUT2D eigenvalue weighted by molar-refractivity contribution is 7.87. The van der Waals surface area contributed by atoms with Gasteiger partial charge in [-0.15, -0.1) is 0 Å². The Bertz CT molecular complexity index is 812. The molecule has 0 aliphatic carbocycles. The van der Waals surface area contributed by atoms with Gasteiger partial charge in [0, 0.05) is 13.1 Å². The van der Waals surface area contributed by atoms with Crippen LogP contribution in [0.15, 0.2) is 29.3 Å². The summed E-state index contributed by atoms with van der Waals surface area (Å²) in [5.41, 5.74) is 0.346. The van der Waals surface area contributed by atoms with Gasteiger partial charge in [-0.1, -0.05) is 19.9 Å². The summed E-state index contributed by atoms with van der Waals surface area (Å²) in [5, 5.41) is -0.337. The lowest BCUT2D eigenvalue weighted by atomic mass is 10.1. The van der Waals surface area contributed by atoms with Crippen molar-refractivity contribution in [3.05, 3.63) is 41.6 Å². The Morgan fingerprint density at radius 3 is 2.59 bits per heavy atom. The maximum absolute atomic E-state index is 13.1. The first-order chi connectivity index (χ1) is 10.3. The minimum Gasteiger partial charge on any atom is -0.378 e. The SMILES string of the molecule is CC(C)c1c(S(=O)(=O)Oc2cccc(F)c2)nc(C=O)n1C. The number of carbonyl (C=O) groups excluding carboxylic acids is 1. The number of nitrogens with zero attached hydrogens (tertiary/aromatic N) is 2. The molecule has 1 aromatic carbocycles. The number of hydrogen-bond donors (Lipinski definition) is 0. The van der Waals surface area contributed by atoms with Gasteiger partial charge in [-0.2, -0.15) is 8.42 Å². The van der Waals surface area contributed by atoms with Gasteiger partial charge in [0.2, 0.25) is 5.03 Å². The van der Waals surface area contributed by atoms with Gasteiger partial charge in [0.1, 0.15) is 11.6 Å². The molecule has 0 atom stereocenters. The van der Waals surface area contributed by atoms with Crippen molar-refractivity contribution in [1.82, 2.24) is 9.55 Å². The van der Waals surface area contributed by atoms with E-state index in [-0.39, 0.29) is 22.5 Å². The third-order valence-electron chi connectivity index (χ3n) is 3.03. The van der Waals surface area contributed by atoms with E-state index in [2.05, 4.69) is 4.98 Å². The molecule has 0 radical (unpaired) electrons. The molecule has 0 N–H and O–H groups in total. The Hall–Kier alpha value is -2.22. The van der Waals surface area contributed by atoms with Gasteiger partial charge in [-0.3, -0.25) is 4.79 Å². The molecule has 22 heavy (non-hydrogen) atoms. The van der Waals surface area contributed by atoms with E-state index in [1.165, 1.54) is 22.8 Å². The second kappa shape index (κ2) is 5.88. The second-order valence-corrected chi connectivity index (χ2v) is 6.45. The number of hydrogen-bond acceptors (Lipinski definition) is 5. The summed E-state index contributed by atoms with van der Waals surface area (Å²) in [7, 11) is -2.73. The molecule has 2 aromatic rings. The molecule has 0 saturated carbocycles. The van der Waals surface area contributed by atoms with Gasteiger partial charge in [-0.25, -0.2) is 9.37 Å². The fourth-order valence-corrected chi connectivity index (χ4v) is 3.38. The van der Waals surface area contributed by atoms with Gasteiger partial charge >= 0.3 is 10.1 Å². The highest BCUT2D eigenvalue weighted by Crippen LogP contribution is 2.26. The molecule has 0 aliphatic heterocycles. The minimum atomic E-state index is -4.28. The van der Waals surface area contributed by atoms with E-state index in [0.717, 1.165) is 6.07 Å². The van der Waals surface area contributed by atoms with Crippen LogP contribution in [0.25, 0.3) is 0 Å². The summed E-state index contributed by atoms with van der Waals surface area (Å²) in [4.78, 5) is 14.8. The molecule has 0 bridgehead atoms. The maximum Gasteiger partial charge on any atom is 0.358 e. The number of imidazole rings is 1. The topological polar surface area (TPSA) is 78.3 Å². The summed E-state index contributed by atoms with van der Waals surface area (Å²) >= 11 is 0. The summed E-state index contributed by atoms with van der Waals surface area (Å²) < 4.78 is 44.2. The van der Waals surface area contributed by atoms with E-state index >= 15 is 0 Å². The fourth-order valence-electron chi connectivity index (χ4n) is 2.11. The standard InChI is InChI=1S/C14H15FN2O4S/c1-9(2)13-14(16-12(8-18)17(13)3)22(19,20)21-11-6-4-5-10(15)7-11/h4-9H,1-3H3. The highest BCUT2D eigenvalue weighted by Gasteiger charge is 2.29. The fraction of sp³-hybridized carbons (Fsp3) is 0.286. The van der Waals surface area contributed by atoms with Crippen LogP contribution in [0.1, 0.15) is 36.1 Å². The van der Waals surface area contributed by atoms with Crippen molar-refractivity contribution < 1.29 is 21.8 Å². The number of aldehydes is 1. The van der Waals surface area contributed by atoms with Gasteiger partial charge in [0.05, 0.1) is 5.69 Å². The van der Waals surface area contributed by atoms with Gasteiger partial charge < -0.3 is 8.75 Å². The van der Waals surface area contributed by atoms with Crippen LogP contribution in [0.2, 0.25) is 0 Å². The highest BCUT2D eigenvalue weighted by atomic mass is 32.2. The molecule has 0 saturated heterocycles. The van der Waals surface area contributed by atoms with Crippen LogP contribution < -0.4 is 4.18 Å². The van der Waals surface area contributed by atoms with E-state index in [1.54, 1.807) is 20.9 Å². The van der Waals surface area contributed by atoms with Crippen molar-refractivity contribution in [1.29, 1.82) is 0 Å². The summed E-state index contributed by atoms with van der Waals surface area (Å²) in [6, 6.07) is 4.78. The molecule has 1 heterocycles. The van der Waals surface area contributed by atoms with Crippen molar-refractivity contribution in [3.63, 3.8) is 0 Å². The van der Waals surface area contributed by atoms with Gasteiger partial charge in [0.15, 0.2) is 12.1 Å². The molecule has 0 amide bonds. The third-order valence-corrected chi connectivity index (χ3v) is 4.22. The lowest BCUT2D eigenvalue weighted by Gasteiger charge is -2.10. The van der Waals surface area contributed by atoms with Crippen molar-refractivity contribution >= 4 is 16.4 Å². The zero-order valence-corrected chi connectivity index (χ0v) is 13.1. The Morgan fingerprint density at radius 2 is 2.05 bits per heavy atom. The Labute approximate surface area is 127 Å². The third kappa shape index (κ3) is 3.01. The van der Waals surface area contributed by atoms with Crippen molar-refractivity contribution in [2.24, 2.45) is 7.05 Å². The van der Waals surface area contributed by atoms with Crippen LogP contribution in [-0.2, 0) is 17.2 Å². The molecular weight excluding hydrogens is 311 g/mol. The number of benzene rings is 1. The quantitative estimate of drug-likeness (QED) is 0.622. The number of halogens is 1. The lowest BCUT2D eigenvalue weighted by Crippen LogP contribution is -2.14. The van der Waals surface area contributed by atoms with Crippen molar-refractivity contribution in [3.8, 4) is 5.75 Å². The molecule has 2 rings (SSSR count). The Balaban J connectivity index is 2.52. The normalized spacial score (nSPS) is 11.7. The van der Waals surface area contributed by atoms with Crippen LogP contribution in [0, 0.1) is 5.82 Å². The molecule has 0 fully saturated rings. The van der Waals surface area contributed by atoms with Gasteiger partial charge in [-0.05, 0) is 18.1 Å². The van der Waals surface area contributed by atoms with E-state index in [1.807, 2.05) is 0 Å².